The highest BCUT2D eigenvalue weighted by molar-refractivity contribution is 5.26. The molecule has 11 atom stereocenters. The first-order valence-corrected chi connectivity index (χ1v) is 13.0. The van der Waals surface area contributed by atoms with Crippen molar-refractivity contribution in [1.82, 2.24) is 0 Å². The Kier molecular flexibility index (Phi) is 4.44. The summed E-state index contributed by atoms with van der Waals surface area (Å²) in [5.41, 5.74) is 2.31. The minimum Gasteiger partial charge on any atom is -0.393 e. The van der Waals surface area contributed by atoms with Gasteiger partial charge in [-0.1, -0.05) is 39.3 Å². The zero-order chi connectivity index (χ0) is 20.9. The molecule has 30 heavy (non-hydrogen) atoms. The van der Waals surface area contributed by atoms with E-state index in [0.717, 1.165) is 43.6 Å². The summed E-state index contributed by atoms with van der Waals surface area (Å²) < 4.78 is 13.3. The fourth-order valence-corrected chi connectivity index (χ4v) is 9.66. The standard InChI is InChI=1S/C27H42O3/c1-16-7-12-27(29-15-16)17(2)24-23(30-27)14-22-20-6-5-18-13-19(28)8-10-25(18,3)21(20)9-11-26(22,24)4/h5,16-17,19-24,28H,6-15H2,1-4H3/t16?,17-,19-,20?,21?,22?,23-,24-,25-,26-,27+/m0/s1. The van der Waals surface area contributed by atoms with Gasteiger partial charge in [-0.05, 0) is 91.8 Å². The summed E-state index contributed by atoms with van der Waals surface area (Å²) >= 11 is 0. The Hall–Kier alpha value is -0.380. The molecular formula is C27H42O3. The molecule has 4 unspecified atom stereocenters. The molecule has 0 aromatic rings. The molecule has 0 bridgehead atoms. The van der Waals surface area contributed by atoms with Gasteiger partial charge in [0.15, 0.2) is 5.79 Å². The van der Waals surface area contributed by atoms with E-state index in [4.69, 9.17) is 9.47 Å². The zero-order valence-corrected chi connectivity index (χ0v) is 19.5. The van der Waals surface area contributed by atoms with Gasteiger partial charge in [0.1, 0.15) is 0 Å². The van der Waals surface area contributed by atoms with E-state index in [0.29, 0.717) is 34.7 Å². The highest BCUT2D eigenvalue weighted by atomic mass is 16.7. The highest BCUT2D eigenvalue weighted by Crippen LogP contribution is 2.70. The number of fused-ring (bicyclic) bond motifs is 7. The van der Waals surface area contributed by atoms with Gasteiger partial charge in [-0.15, -0.1) is 0 Å². The fraction of sp³-hybridized carbons (Fsp3) is 0.926. The van der Waals surface area contributed by atoms with Gasteiger partial charge in [0, 0.05) is 12.3 Å². The molecule has 1 N–H and O–H groups in total. The van der Waals surface area contributed by atoms with Gasteiger partial charge in [0.05, 0.1) is 18.8 Å². The maximum atomic E-state index is 10.3. The van der Waals surface area contributed by atoms with Crippen molar-refractivity contribution >= 4 is 0 Å². The van der Waals surface area contributed by atoms with E-state index in [2.05, 4.69) is 33.8 Å². The Bertz CT molecular complexity index is 736. The molecule has 0 amide bonds. The Morgan fingerprint density at radius 3 is 2.63 bits per heavy atom. The van der Waals surface area contributed by atoms with Crippen molar-refractivity contribution < 1.29 is 14.6 Å². The van der Waals surface area contributed by atoms with Gasteiger partial charge < -0.3 is 14.6 Å². The molecule has 2 heterocycles. The third kappa shape index (κ3) is 2.55. The van der Waals surface area contributed by atoms with Gasteiger partial charge in [-0.25, -0.2) is 0 Å². The number of allylic oxidation sites excluding steroid dienone is 1. The number of hydrogen-bond acceptors (Lipinski definition) is 3. The predicted molar refractivity (Wildman–Crippen MR) is 118 cm³/mol. The summed E-state index contributed by atoms with van der Waals surface area (Å²) in [6, 6.07) is 0. The first-order chi connectivity index (χ1) is 14.3. The zero-order valence-electron chi connectivity index (χ0n) is 19.5. The number of ether oxygens (including phenoxy) is 2. The van der Waals surface area contributed by atoms with Crippen LogP contribution in [0.4, 0.5) is 0 Å². The first kappa shape index (κ1) is 20.2. The van der Waals surface area contributed by atoms with Crippen molar-refractivity contribution in [1.29, 1.82) is 0 Å². The second kappa shape index (κ2) is 6.58. The minimum absolute atomic E-state index is 0.107. The topological polar surface area (TPSA) is 38.7 Å². The summed E-state index contributed by atoms with van der Waals surface area (Å²) in [5.74, 6) is 3.94. The molecular weight excluding hydrogens is 372 g/mol. The van der Waals surface area contributed by atoms with Crippen molar-refractivity contribution in [3.63, 3.8) is 0 Å². The molecule has 3 saturated carbocycles. The van der Waals surface area contributed by atoms with Crippen LogP contribution in [-0.2, 0) is 9.47 Å². The van der Waals surface area contributed by atoms with E-state index in [1.807, 2.05) is 0 Å². The van der Waals surface area contributed by atoms with E-state index in [9.17, 15) is 5.11 Å². The van der Waals surface area contributed by atoms with Crippen LogP contribution in [-0.4, -0.2) is 29.7 Å². The average Bonchev–Trinajstić information content (AvgIpc) is 3.16. The molecule has 6 aliphatic rings. The molecule has 1 spiro atoms. The van der Waals surface area contributed by atoms with Crippen LogP contribution in [0.25, 0.3) is 0 Å². The lowest BCUT2D eigenvalue weighted by atomic mass is 9.47. The second-order valence-corrected chi connectivity index (χ2v) is 12.7. The predicted octanol–water partition coefficient (Wildman–Crippen LogP) is 5.71. The third-order valence-corrected chi connectivity index (χ3v) is 11.3. The fourth-order valence-electron chi connectivity index (χ4n) is 9.66. The van der Waals surface area contributed by atoms with Crippen LogP contribution in [0, 0.1) is 46.3 Å². The monoisotopic (exact) mass is 414 g/mol. The highest BCUT2D eigenvalue weighted by Gasteiger charge is 2.68. The lowest BCUT2D eigenvalue weighted by molar-refractivity contribution is -0.272. The Labute approximate surface area is 183 Å². The minimum atomic E-state index is -0.294. The largest absolute Gasteiger partial charge is 0.393 e. The SMILES string of the molecule is CC1CC[C@@]2(OC1)O[C@H]1CC3C4CC=C5C[C@@H](O)CC[C@]5(C)C4CC[C@]3(C)[C@H]1[C@@H]2C. The van der Waals surface area contributed by atoms with Crippen molar-refractivity contribution in [2.45, 2.75) is 103 Å². The molecule has 0 aromatic carbocycles. The van der Waals surface area contributed by atoms with Gasteiger partial charge >= 0.3 is 0 Å². The number of hydrogen-bond donors (Lipinski definition) is 1. The number of rotatable bonds is 0. The lowest BCUT2D eigenvalue weighted by Crippen LogP contribution is -2.52. The van der Waals surface area contributed by atoms with Gasteiger partial charge in [-0.3, -0.25) is 0 Å². The van der Waals surface area contributed by atoms with Crippen LogP contribution in [0.15, 0.2) is 11.6 Å². The molecule has 6 rings (SSSR count). The number of aliphatic hydroxyl groups excluding tert-OH is 1. The summed E-state index contributed by atoms with van der Waals surface area (Å²) in [4.78, 5) is 0. The molecule has 0 radical (unpaired) electrons. The molecule has 2 aliphatic heterocycles. The van der Waals surface area contributed by atoms with Crippen LogP contribution < -0.4 is 0 Å². The summed E-state index contributed by atoms with van der Waals surface area (Å²) in [7, 11) is 0. The molecule has 2 saturated heterocycles. The van der Waals surface area contributed by atoms with Gasteiger partial charge in [-0.2, -0.15) is 0 Å². The van der Waals surface area contributed by atoms with Crippen molar-refractivity contribution in [2.24, 2.45) is 46.3 Å². The third-order valence-electron chi connectivity index (χ3n) is 11.3. The van der Waals surface area contributed by atoms with Crippen molar-refractivity contribution in [2.75, 3.05) is 6.61 Å². The van der Waals surface area contributed by atoms with E-state index >= 15 is 0 Å². The van der Waals surface area contributed by atoms with E-state index in [1.54, 1.807) is 5.57 Å². The molecule has 0 aromatic heterocycles. The lowest BCUT2D eigenvalue weighted by Gasteiger charge is -2.58. The summed E-state index contributed by atoms with van der Waals surface area (Å²) in [6.45, 7) is 10.8. The molecule has 3 nitrogen and oxygen atoms in total. The van der Waals surface area contributed by atoms with Gasteiger partial charge in [0.25, 0.3) is 0 Å². The quantitative estimate of drug-likeness (QED) is 0.516. The average molecular weight is 415 g/mol. The summed E-state index contributed by atoms with van der Waals surface area (Å²) in [6.07, 6.45) is 13.5. The normalized spacial score (nSPS) is 59.8. The Morgan fingerprint density at radius 2 is 1.87 bits per heavy atom. The van der Waals surface area contributed by atoms with Crippen LogP contribution in [0.2, 0.25) is 0 Å². The van der Waals surface area contributed by atoms with Crippen LogP contribution in [0.3, 0.4) is 0 Å². The van der Waals surface area contributed by atoms with Crippen molar-refractivity contribution in [3.05, 3.63) is 11.6 Å². The molecule has 168 valence electrons. The summed E-state index contributed by atoms with van der Waals surface area (Å²) in [5, 5.41) is 10.3. The van der Waals surface area contributed by atoms with E-state index in [-0.39, 0.29) is 11.9 Å². The van der Waals surface area contributed by atoms with Gasteiger partial charge in [0.2, 0.25) is 0 Å². The maximum Gasteiger partial charge on any atom is 0.171 e. The van der Waals surface area contributed by atoms with Crippen LogP contribution in [0.5, 0.6) is 0 Å². The Morgan fingerprint density at radius 1 is 1.03 bits per heavy atom. The second-order valence-electron chi connectivity index (χ2n) is 12.7. The van der Waals surface area contributed by atoms with Crippen LogP contribution in [0.1, 0.15) is 85.5 Å². The number of aliphatic hydroxyl groups is 1. The van der Waals surface area contributed by atoms with E-state index in [1.165, 1.54) is 38.5 Å². The van der Waals surface area contributed by atoms with Crippen molar-refractivity contribution in [3.8, 4) is 0 Å². The van der Waals surface area contributed by atoms with Crippen LogP contribution >= 0.6 is 0 Å². The van der Waals surface area contributed by atoms with E-state index < -0.39 is 0 Å². The Balaban J connectivity index is 1.28. The molecule has 5 fully saturated rings. The first-order valence-electron chi connectivity index (χ1n) is 13.0. The maximum absolute atomic E-state index is 10.3. The molecule has 4 aliphatic carbocycles. The smallest absolute Gasteiger partial charge is 0.171 e. The molecule has 3 heteroatoms.